The van der Waals surface area contributed by atoms with E-state index in [2.05, 4.69) is 24.1 Å². The molecule has 2 unspecified atom stereocenters. The van der Waals surface area contributed by atoms with Gasteiger partial charge in [-0.25, -0.2) is 8.42 Å². The Balaban J connectivity index is 2.64. The van der Waals surface area contributed by atoms with E-state index in [1.807, 2.05) is 14.1 Å². The molecule has 18 heavy (non-hydrogen) atoms. The highest BCUT2D eigenvalue weighted by Crippen LogP contribution is 2.37. The van der Waals surface area contributed by atoms with Crippen LogP contribution in [0, 0.1) is 5.41 Å². The first kappa shape index (κ1) is 15.9. The number of nitrogens with one attached hydrogen (secondary N) is 1. The van der Waals surface area contributed by atoms with Crippen LogP contribution in [0.15, 0.2) is 0 Å². The van der Waals surface area contributed by atoms with Crippen molar-refractivity contribution in [2.45, 2.75) is 45.2 Å². The smallest absolute Gasteiger partial charge is 0.148 e. The fraction of sp³-hybridized carbons (Fsp3) is 1.00. The molecule has 1 fully saturated rings. The van der Waals surface area contributed by atoms with E-state index in [-0.39, 0.29) is 5.75 Å². The van der Waals surface area contributed by atoms with E-state index in [1.165, 1.54) is 12.7 Å². The summed E-state index contributed by atoms with van der Waals surface area (Å²) in [6, 6.07) is 0.906. The van der Waals surface area contributed by atoms with Crippen LogP contribution in [-0.4, -0.2) is 58.1 Å². The van der Waals surface area contributed by atoms with Crippen LogP contribution in [0.1, 0.15) is 33.1 Å². The molecular formula is C13H28N2O2S. The van der Waals surface area contributed by atoms with Gasteiger partial charge in [0.1, 0.15) is 9.84 Å². The van der Waals surface area contributed by atoms with Crippen molar-refractivity contribution in [1.29, 1.82) is 0 Å². The Morgan fingerprint density at radius 2 is 2.00 bits per heavy atom. The van der Waals surface area contributed by atoms with Gasteiger partial charge in [-0.05, 0) is 38.8 Å². The lowest BCUT2D eigenvalue weighted by molar-refractivity contribution is 0.0888. The second-order valence-electron chi connectivity index (χ2n) is 6.48. The number of hydrogen-bond donors (Lipinski definition) is 1. The number of hydrogen-bond acceptors (Lipinski definition) is 4. The Bertz CT molecular complexity index is 365. The topological polar surface area (TPSA) is 49.4 Å². The maximum atomic E-state index is 11.3. The van der Waals surface area contributed by atoms with Crippen LogP contribution in [0.4, 0.5) is 0 Å². The van der Waals surface area contributed by atoms with Crippen LogP contribution in [0.3, 0.4) is 0 Å². The third kappa shape index (κ3) is 4.86. The molecule has 1 aliphatic rings. The maximum Gasteiger partial charge on any atom is 0.148 e. The maximum absolute atomic E-state index is 11.3. The molecule has 2 atom stereocenters. The summed E-state index contributed by atoms with van der Waals surface area (Å²) in [4.78, 5) is 2.21. The van der Waals surface area contributed by atoms with Crippen LogP contribution in [0.25, 0.3) is 0 Å². The summed E-state index contributed by atoms with van der Waals surface area (Å²) in [6.45, 7) is 5.23. The standard InChI is InChI=1S/C13H28N2O2S/c1-13(2)7-6-11(14-3)12(10-13)15(4)8-9-18(5,16)17/h11-12,14H,6-10H2,1-5H3. The normalized spacial score (nSPS) is 28.6. The molecule has 0 saturated heterocycles. The minimum Gasteiger partial charge on any atom is -0.315 e. The molecule has 0 heterocycles. The molecule has 0 aromatic rings. The van der Waals surface area contributed by atoms with E-state index in [0.29, 0.717) is 24.0 Å². The zero-order valence-electron chi connectivity index (χ0n) is 12.4. The predicted octanol–water partition coefficient (Wildman–Crippen LogP) is 1.13. The quantitative estimate of drug-likeness (QED) is 0.818. The Morgan fingerprint density at radius 1 is 1.39 bits per heavy atom. The molecule has 0 aliphatic heterocycles. The van der Waals surface area contributed by atoms with Crippen molar-refractivity contribution in [2.24, 2.45) is 5.41 Å². The second-order valence-corrected chi connectivity index (χ2v) is 8.74. The first-order valence-corrected chi connectivity index (χ1v) is 8.76. The van der Waals surface area contributed by atoms with Crippen LogP contribution >= 0.6 is 0 Å². The Labute approximate surface area is 112 Å². The van der Waals surface area contributed by atoms with Crippen LogP contribution in [0.5, 0.6) is 0 Å². The van der Waals surface area contributed by atoms with Crippen molar-refractivity contribution in [3.05, 3.63) is 0 Å². The molecule has 1 N–H and O–H groups in total. The number of nitrogens with zero attached hydrogens (tertiary/aromatic N) is 1. The Morgan fingerprint density at radius 3 is 2.50 bits per heavy atom. The van der Waals surface area contributed by atoms with E-state index in [9.17, 15) is 8.42 Å². The van der Waals surface area contributed by atoms with Gasteiger partial charge in [0.25, 0.3) is 0 Å². The summed E-state index contributed by atoms with van der Waals surface area (Å²) >= 11 is 0. The van der Waals surface area contributed by atoms with Gasteiger partial charge in [-0.3, -0.25) is 0 Å². The zero-order valence-corrected chi connectivity index (χ0v) is 13.2. The average molecular weight is 276 g/mol. The van der Waals surface area contributed by atoms with Gasteiger partial charge in [-0.1, -0.05) is 13.8 Å². The Hall–Kier alpha value is -0.130. The van der Waals surface area contributed by atoms with Crippen molar-refractivity contribution < 1.29 is 8.42 Å². The van der Waals surface area contributed by atoms with Crippen molar-refractivity contribution >= 4 is 9.84 Å². The first-order valence-electron chi connectivity index (χ1n) is 6.70. The molecule has 0 aromatic carbocycles. The molecule has 5 heteroatoms. The second kappa shape index (κ2) is 5.88. The first-order chi connectivity index (χ1) is 8.14. The molecule has 4 nitrogen and oxygen atoms in total. The lowest BCUT2D eigenvalue weighted by atomic mass is 9.72. The molecule has 0 spiro atoms. The van der Waals surface area contributed by atoms with Crippen LogP contribution in [0.2, 0.25) is 0 Å². The van der Waals surface area contributed by atoms with E-state index in [0.717, 1.165) is 12.8 Å². The van der Waals surface area contributed by atoms with Crippen molar-refractivity contribution in [2.75, 3.05) is 32.6 Å². The highest BCUT2D eigenvalue weighted by atomic mass is 32.2. The van der Waals surface area contributed by atoms with Gasteiger partial charge in [0.2, 0.25) is 0 Å². The molecule has 0 aromatic heterocycles. The summed E-state index contributed by atoms with van der Waals surface area (Å²) in [6.07, 6.45) is 4.83. The third-order valence-corrected chi connectivity index (χ3v) is 5.03. The minimum absolute atomic E-state index is 0.247. The van der Waals surface area contributed by atoms with Gasteiger partial charge >= 0.3 is 0 Å². The van der Waals surface area contributed by atoms with Gasteiger partial charge in [-0.15, -0.1) is 0 Å². The monoisotopic (exact) mass is 276 g/mol. The number of rotatable bonds is 5. The largest absolute Gasteiger partial charge is 0.315 e. The third-order valence-electron chi connectivity index (χ3n) is 4.11. The molecule has 1 saturated carbocycles. The molecule has 0 amide bonds. The summed E-state index contributed by atoms with van der Waals surface area (Å²) in [7, 11) is 1.17. The highest BCUT2D eigenvalue weighted by Gasteiger charge is 2.36. The van der Waals surface area contributed by atoms with Gasteiger partial charge in [0.15, 0.2) is 0 Å². The Kier molecular flexibility index (Phi) is 5.21. The van der Waals surface area contributed by atoms with Gasteiger partial charge < -0.3 is 10.2 Å². The average Bonchev–Trinajstić information content (AvgIpc) is 2.24. The SMILES string of the molecule is CNC1CCC(C)(C)CC1N(C)CCS(C)(=O)=O. The lowest BCUT2D eigenvalue weighted by Crippen LogP contribution is -2.53. The van der Waals surface area contributed by atoms with Gasteiger partial charge in [0.05, 0.1) is 5.75 Å². The van der Waals surface area contributed by atoms with E-state index < -0.39 is 9.84 Å². The van der Waals surface area contributed by atoms with Crippen molar-refractivity contribution in [1.82, 2.24) is 10.2 Å². The van der Waals surface area contributed by atoms with E-state index >= 15 is 0 Å². The number of likely N-dealkylation sites (N-methyl/N-ethyl adjacent to an activating group) is 2. The fourth-order valence-corrected chi connectivity index (χ4v) is 3.44. The van der Waals surface area contributed by atoms with E-state index in [4.69, 9.17) is 0 Å². The van der Waals surface area contributed by atoms with Gasteiger partial charge in [0, 0.05) is 24.9 Å². The molecule has 1 rings (SSSR count). The lowest BCUT2D eigenvalue weighted by Gasteiger charge is -2.44. The molecular weight excluding hydrogens is 248 g/mol. The highest BCUT2D eigenvalue weighted by molar-refractivity contribution is 7.90. The summed E-state index contributed by atoms with van der Waals surface area (Å²) in [5.74, 6) is 0.247. The van der Waals surface area contributed by atoms with Crippen molar-refractivity contribution in [3.8, 4) is 0 Å². The number of sulfone groups is 1. The summed E-state index contributed by atoms with van der Waals surface area (Å²) in [5, 5.41) is 3.38. The van der Waals surface area contributed by atoms with Gasteiger partial charge in [-0.2, -0.15) is 0 Å². The summed E-state index contributed by atoms with van der Waals surface area (Å²) in [5.41, 5.74) is 0.358. The molecule has 0 radical (unpaired) electrons. The predicted molar refractivity (Wildman–Crippen MR) is 76.6 cm³/mol. The molecule has 1 aliphatic carbocycles. The molecule has 0 bridgehead atoms. The molecule has 108 valence electrons. The van der Waals surface area contributed by atoms with E-state index in [1.54, 1.807) is 0 Å². The van der Waals surface area contributed by atoms with Crippen LogP contribution in [-0.2, 0) is 9.84 Å². The van der Waals surface area contributed by atoms with Crippen LogP contribution < -0.4 is 5.32 Å². The zero-order chi connectivity index (χ0) is 14.0. The minimum atomic E-state index is -2.87. The summed E-state index contributed by atoms with van der Waals surface area (Å²) < 4.78 is 22.5. The fourth-order valence-electron chi connectivity index (χ4n) is 2.82. The van der Waals surface area contributed by atoms with Crippen molar-refractivity contribution in [3.63, 3.8) is 0 Å².